The molecule has 2 heterocycles. The van der Waals surface area contributed by atoms with Gasteiger partial charge in [0.25, 0.3) is 5.69 Å². The van der Waals surface area contributed by atoms with Gasteiger partial charge in [-0.1, -0.05) is 54.1 Å². The Morgan fingerprint density at radius 3 is 2.41 bits per heavy atom. The molecule has 0 amide bonds. The summed E-state index contributed by atoms with van der Waals surface area (Å²) in [5.41, 5.74) is 4.76. The molecule has 0 saturated heterocycles. The Balaban J connectivity index is 1.34. The number of halogens is 1. The first-order valence-electron chi connectivity index (χ1n) is 10.2. The molecule has 5 aromatic rings. The van der Waals surface area contributed by atoms with Crippen molar-refractivity contribution in [3.05, 3.63) is 105 Å². The number of benzene rings is 3. The summed E-state index contributed by atoms with van der Waals surface area (Å²) in [6.07, 6.45) is 0. The molecule has 0 aliphatic heterocycles. The molecule has 3 aromatic carbocycles. The number of hydrogen-bond acceptors (Lipinski definition) is 7. The van der Waals surface area contributed by atoms with E-state index in [0.717, 1.165) is 27.5 Å². The Morgan fingerprint density at radius 2 is 1.65 bits per heavy atom. The maximum Gasteiger partial charge on any atom is 0.270 e. The van der Waals surface area contributed by atoms with E-state index in [9.17, 15) is 10.1 Å². The van der Waals surface area contributed by atoms with Crippen LogP contribution in [0.1, 0.15) is 0 Å². The van der Waals surface area contributed by atoms with E-state index in [1.54, 1.807) is 35.6 Å². The Labute approximate surface area is 203 Å². The molecular weight excluding hydrogens is 470 g/mol. The first-order chi connectivity index (χ1) is 16.6. The van der Waals surface area contributed by atoms with E-state index in [2.05, 4.69) is 15.5 Å². The van der Waals surface area contributed by atoms with E-state index < -0.39 is 4.92 Å². The minimum Gasteiger partial charge on any atom is -0.339 e. The number of hydrogen-bond donors (Lipinski definition) is 1. The van der Waals surface area contributed by atoms with Crippen LogP contribution in [-0.4, -0.2) is 20.1 Å². The fourth-order valence-electron chi connectivity index (χ4n) is 3.40. The fraction of sp³-hybridized carbons (Fsp3) is 0. The number of nitrogens with zero attached hydrogens (tertiary/aromatic N) is 4. The van der Waals surface area contributed by atoms with Gasteiger partial charge < -0.3 is 5.32 Å². The molecule has 0 saturated carbocycles. The highest BCUT2D eigenvalue weighted by Gasteiger charge is 2.11. The van der Waals surface area contributed by atoms with Crippen molar-refractivity contribution in [3.8, 4) is 33.1 Å². The van der Waals surface area contributed by atoms with E-state index in [4.69, 9.17) is 16.6 Å². The smallest absolute Gasteiger partial charge is 0.270 e. The summed E-state index contributed by atoms with van der Waals surface area (Å²) in [5, 5.41) is 26.2. The standard InChI is InChI=1S/C25H16ClN5O2S/c26-21-10-2-1-9-20(21)25-28-23(15-34-25)16-5-3-7-18(13-16)27-24-12-11-22(29-30-24)17-6-4-8-19(14-17)31(32)33/h1-15H,(H,27,30). The van der Waals surface area contributed by atoms with Gasteiger partial charge in [-0.2, -0.15) is 0 Å². The van der Waals surface area contributed by atoms with Gasteiger partial charge in [-0.15, -0.1) is 21.5 Å². The van der Waals surface area contributed by atoms with Crippen LogP contribution >= 0.6 is 22.9 Å². The van der Waals surface area contributed by atoms with Crippen LogP contribution < -0.4 is 5.32 Å². The Kier molecular flexibility index (Phi) is 5.99. The Morgan fingerprint density at radius 1 is 0.853 bits per heavy atom. The first kappa shape index (κ1) is 21.7. The van der Waals surface area contributed by atoms with Gasteiger partial charge in [0.1, 0.15) is 5.01 Å². The minimum absolute atomic E-state index is 0.0121. The molecule has 0 fully saturated rings. The van der Waals surface area contributed by atoms with Gasteiger partial charge in [-0.3, -0.25) is 10.1 Å². The quantitative estimate of drug-likeness (QED) is 0.201. The predicted octanol–water partition coefficient (Wildman–Crippen LogP) is 7.24. The maximum atomic E-state index is 11.0. The molecular formula is C25H16ClN5O2S. The van der Waals surface area contributed by atoms with Crippen LogP contribution in [0.4, 0.5) is 17.2 Å². The summed E-state index contributed by atoms with van der Waals surface area (Å²) < 4.78 is 0. The van der Waals surface area contributed by atoms with Crippen molar-refractivity contribution in [2.75, 3.05) is 5.32 Å². The molecule has 9 heteroatoms. The average molecular weight is 486 g/mol. The van der Waals surface area contributed by atoms with Gasteiger partial charge in [0.05, 0.1) is 21.3 Å². The molecule has 0 bridgehead atoms. The summed E-state index contributed by atoms with van der Waals surface area (Å²) in [6, 6.07) is 25.4. The molecule has 1 N–H and O–H groups in total. The first-order valence-corrected chi connectivity index (χ1v) is 11.5. The second kappa shape index (κ2) is 9.38. The van der Waals surface area contributed by atoms with Gasteiger partial charge in [0, 0.05) is 39.9 Å². The molecule has 5 rings (SSSR count). The van der Waals surface area contributed by atoms with Crippen LogP contribution in [0.5, 0.6) is 0 Å². The average Bonchev–Trinajstić information content (AvgIpc) is 3.35. The van der Waals surface area contributed by atoms with E-state index in [1.807, 2.05) is 53.9 Å². The third kappa shape index (κ3) is 4.63. The van der Waals surface area contributed by atoms with Crippen molar-refractivity contribution >= 4 is 40.1 Å². The lowest BCUT2D eigenvalue weighted by molar-refractivity contribution is -0.384. The van der Waals surface area contributed by atoms with Crippen molar-refractivity contribution in [2.45, 2.75) is 0 Å². The van der Waals surface area contributed by atoms with Crippen LogP contribution in [0.15, 0.2) is 90.3 Å². The zero-order valence-electron chi connectivity index (χ0n) is 17.6. The van der Waals surface area contributed by atoms with Gasteiger partial charge in [0.2, 0.25) is 0 Å². The van der Waals surface area contributed by atoms with E-state index in [-0.39, 0.29) is 5.69 Å². The number of nitrogens with one attached hydrogen (secondary N) is 1. The highest BCUT2D eigenvalue weighted by atomic mass is 35.5. The number of rotatable bonds is 6. The highest BCUT2D eigenvalue weighted by molar-refractivity contribution is 7.13. The summed E-state index contributed by atoms with van der Waals surface area (Å²) in [5.74, 6) is 0.557. The Hall–Kier alpha value is -4.14. The molecule has 0 aliphatic carbocycles. The van der Waals surface area contributed by atoms with Crippen molar-refractivity contribution in [1.82, 2.24) is 15.2 Å². The fourth-order valence-corrected chi connectivity index (χ4v) is 4.55. The normalized spacial score (nSPS) is 10.7. The number of nitro groups is 1. The minimum atomic E-state index is -0.431. The van der Waals surface area contributed by atoms with E-state index >= 15 is 0 Å². The lowest BCUT2D eigenvalue weighted by Gasteiger charge is -2.07. The molecule has 0 atom stereocenters. The zero-order valence-corrected chi connectivity index (χ0v) is 19.1. The number of thiazole rings is 1. The summed E-state index contributed by atoms with van der Waals surface area (Å²) >= 11 is 7.86. The van der Waals surface area contributed by atoms with Crippen LogP contribution in [0.25, 0.3) is 33.1 Å². The van der Waals surface area contributed by atoms with Gasteiger partial charge in [-0.25, -0.2) is 4.98 Å². The van der Waals surface area contributed by atoms with Crippen LogP contribution in [0, 0.1) is 10.1 Å². The number of aromatic nitrogens is 3. The molecule has 0 radical (unpaired) electrons. The van der Waals surface area contributed by atoms with Crippen LogP contribution in [0.3, 0.4) is 0 Å². The van der Waals surface area contributed by atoms with Crippen molar-refractivity contribution in [3.63, 3.8) is 0 Å². The van der Waals surface area contributed by atoms with E-state index in [1.165, 1.54) is 12.1 Å². The summed E-state index contributed by atoms with van der Waals surface area (Å²) in [4.78, 5) is 15.3. The number of nitro benzene ring substituents is 1. The van der Waals surface area contributed by atoms with Crippen LogP contribution in [-0.2, 0) is 0 Å². The monoisotopic (exact) mass is 485 g/mol. The second-order valence-electron chi connectivity index (χ2n) is 7.33. The largest absolute Gasteiger partial charge is 0.339 e. The van der Waals surface area contributed by atoms with Crippen molar-refractivity contribution in [1.29, 1.82) is 0 Å². The zero-order chi connectivity index (χ0) is 23.5. The van der Waals surface area contributed by atoms with Crippen LogP contribution in [0.2, 0.25) is 5.02 Å². The van der Waals surface area contributed by atoms with Gasteiger partial charge in [0.15, 0.2) is 5.82 Å². The molecule has 7 nitrogen and oxygen atoms in total. The number of non-ortho nitro benzene ring substituents is 1. The lowest BCUT2D eigenvalue weighted by atomic mass is 10.1. The topological polar surface area (TPSA) is 93.8 Å². The van der Waals surface area contributed by atoms with E-state index in [0.29, 0.717) is 22.1 Å². The molecule has 0 unspecified atom stereocenters. The maximum absolute atomic E-state index is 11.0. The third-order valence-electron chi connectivity index (χ3n) is 5.06. The van der Waals surface area contributed by atoms with Gasteiger partial charge in [-0.05, 0) is 30.3 Å². The Bertz CT molecular complexity index is 1490. The summed E-state index contributed by atoms with van der Waals surface area (Å²) in [6.45, 7) is 0. The second-order valence-corrected chi connectivity index (χ2v) is 8.60. The number of anilines is 2. The third-order valence-corrected chi connectivity index (χ3v) is 6.26. The van der Waals surface area contributed by atoms with Crippen molar-refractivity contribution < 1.29 is 4.92 Å². The summed E-state index contributed by atoms with van der Waals surface area (Å²) in [7, 11) is 0. The highest BCUT2D eigenvalue weighted by Crippen LogP contribution is 2.34. The lowest BCUT2D eigenvalue weighted by Crippen LogP contribution is -1.97. The molecule has 34 heavy (non-hydrogen) atoms. The molecule has 0 spiro atoms. The van der Waals surface area contributed by atoms with Crippen molar-refractivity contribution in [2.24, 2.45) is 0 Å². The predicted molar refractivity (Wildman–Crippen MR) is 135 cm³/mol. The SMILES string of the molecule is O=[N+]([O-])c1cccc(-c2ccc(Nc3cccc(-c4csc(-c5ccccc5Cl)n4)c3)nn2)c1. The van der Waals surface area contributed by atoms with Gasteiger partial charge >= 0.3 is 0 Å². The molecule has 2 aromatic heterocycles. The molecule has 166 valence electrons. The molecule has 0 aliphatic rings.